The second-order valence-corrected chi connectivity index (χ2v) is 9.05. The van der Waals surface area contributed by atoms with Gasteiger partial charge in [0.05, 0.1) is 12.8 Å². The van der Waals surface area contributed by atoms with E-state index in [2.05, 4.69) is 109 Å². The number of rotatable bonds is 10. The fourth-order valence-electron chi connectivity index (χ4n) is 4.67. The van der Waals surface area contributed by atoms with Gasteiger partial charge in [-0.2, -0.15) is 0 Å². The highest BCUT2D eigenvalue weighted by molar-refractivity contribution is 5.98. The molecule has 0 radical (unpaired) electrons. The lowest BCUT2D eigenvalue weighted by Crippen LogP contribution is -2.36. The number of nitrogens with zero attached hydrogens (tertiary/aromatic N) is 2. The Labute approximate surface area is 204 Å². The molecule has 1 unspecified atom stereocenters. The summed E-state index contributed by atoms with van der Waals surface area (Å²) in [5, 5.41) is 9.70. The summed E-state index contributed by atoms with van der Waals surface area (Å²) in [6.07, 6.45) is 1.65. The van der Waals surface area contributed by atoms with Gasteiger partial charge in [0, 0.05) is 19.6 Å². The number of hydrogen-bond acceptors (Lipinski definition) is 4. The van der Waals surface area contributed by atoms with Crippen molar-refractivity contribution in [1.82, 2.24) is 9.80 Å². The number of aliphatic hydroxyl groups excluding tert-OH is 1. The van der Waals surface area contributed by atoms with Crippen molar-refractivity contribution < 1.29 is 9.84 Å². The first-order chi connectivity index (χ1) is 16.6. The monoisotopic (exact) mass is 456 g/mol. The van der Waals surface area contributed by atoms with Crippen molar-refractivity contribution in [3.63, 3.8) is 0 Å². The maximum absolute atomic E-state index is 9.70. The van der Waals surface area contributed by atoms with E-state index < -0.39 is 0 Å². The van der Waals surface area contributed by atoms with E-state index in [-0.39, 0.29) is 6.10 Å². The van der Waals surface area contributed by atoms with Gasteiger partial charge in [0.1, 0.15) is 12.4 Å². The highest BCUT2D eigenvalue weighted by atomic mass is 16.5. The molecule has 0 spiro atoms. The first-order valence-electron chi connectivity index (χ1n) is 12.3. The number of β-amino-alcohol motifs (C(OH)–C–C–N with tert-alkyl or cyclic N) is 1. The normalized spacial score (nSPS) is 17.1. The molecule has 1 atom stereocenters. The van der Waals surface area contributed by atoms with E-state index >= 15 is 0 Å². The minimum Gasteiger partial charge on any atom is -0.492 e. The van der Waals surface area contributed by atoms with Crippen LogP contribution in [0.1, 0.15) is 36.5 Å². The Morgan fingerprint density at radius 3 is 2.12 bits per heavy atom. The SMILES string of the molecule is CC/C(=C(\c1ccccc1)c1ccc(OCCN(C)CN2CCC(O)C2)cc1)c1ccccc1. The lowest BCUT2D eigenvalue weighted by atomic mass is 9.88. The van der Waals surface area contributed by atoms with E-state index in [1.165, 1.54) is 27.8 Å². The van der Waals surface area contributed by atoms with Gasteiger partial charge < -0.3 is 9.84 Å². The molecule has 34 heavy (non-hydrogen) atoms. The predicted molar refractivity (Wildman–Crippen MR) is 141 cm³/mol. The van der Waals surface area contributed by atoms with E-state index in [0.717, 1.165) is 44.9 Å². The van der Waals surface area contributed by atoms with Gasteiger partial charge in [-0.3, -0.25) is 9.80 Å². The molecular weight excluding hydrogens is 420 g/mol. The van der Waals surface area contributed by atoms with Crippen LogP contribution in [0.4, 0.5) is 0 Å². The Morgan fingerprint density at radius 1 is 0.912 bits per heavy atom. The van der Waals surface area contributed by atoms with Crippen LogP contribution in [0.3, 0.4) is 0 Å². The van der Waals surface area contributed by atoms with Crippen LogP contribution in [-0.4, -0.2) is 61.0 Å². The molecule has 3 aromatic carbocycles. The number of aliphatic hydroxyl groups is 1. The second-order valence-electron chi connectivity index (χ2n) is 9.05. The van der Waals surface area contributed by atoms with Crippen molar-refractivity contribution in [2.45, 2.75) is 25.9 Å². The maximum Gasteiger partial charge on any atom is 0.119 e. The van der Waals surface area contributed by atoms with E-state index in [4.69, 9.17) is 4.74 Å². The van der Waals surface area contributed by atoms with Crippen LogP contribution in [0.2, 0.25) is 0 Å². The number of likely N-dealkylation sites (N-methyl/N-ethyl adjacent to an activating group) is 1. The van der Waals surface area contributed by atoms with Crippen LogP contribution in [-0.2, 0) is 0 Å². The zero-order valence-corrected chi connectivity index (χ0v) is 20.4. The van der Waals surface area contributed by atoms with Gasteiger partial charge in [0.15, 0.2) is 0 Å². The predicted octanol–water partition coefficient (Wildman–Crippen LogP) is 5.39. The molecular formula is C30H36N2O2. The first-order valence-corrected chi connectivity index (χ1v) is 12.3. The van der Waals surface area contributed by atoms with Gasteiger partial charge in [0.2, 0.25) is 0 Å². The zero-order valence-electron chi connectivity index (χ0n) is 20.4. The Morgan fingerprint density at radius 2 is 1.53 bits per heavy atom. The second kappa shape index (κ2) is 12.0. The Kier molecular flexibility index (Phi) is 8.53. The molecule has 178 valence electrons. The molecule has 1 saturated heterocycles. The van der Waals surface area contributed by atoms with E-state index in [1.807, 2.05) is 0 Å². The van der Waals surface area contributed by atoms with Crippen LogP contribution in [0.15, 0.2) is 84.9 Å². The number of allylic oxidation sites excluding steroid dienone is 1. The molecule has 1 fully saturated rings. The summed E-state index contributed by atoms with van der Waals surface area (Å²) in [5.41, 5.74) is 6.30. The topological polar surface area (TPSA) is 35.9 Å². The van der Waals surface area contributed by atoms with Crippen LogP contribution in [0.25, 0.3) is 11.1 Å². The fraction of sp³-hybridized carbons (Fsp3) is 0.333. The summed E-state index contributed by atoms with van der Waals surface area (Å²) in [4.78, 5) is 4.53. The van der Waals surface area contributed by atoms with Gasteiger partial charge in [-0.05, 0) is 59.9 Å². The lowest BCUT2D eigenvalue weighted by molar-refractivity contribution is 0.132. The molecule has 1 aliphatic rings. The van der Waals surface area contributed by atoms with E-state index in [1.54, 1.807) is 0 Å². The Hall–Kier alpha value is -2.92. The van der Waals surface area contributed by atoms with Crippen molar-refractivity contribution in [1.29, 1.82) is 0 Å². The third-order valence-corrected chi connectivity index (χ3v) is 6.41. The standard InChI is InChI=1S/C30H36N2O2/c1-3-29(24-10-6-4-7-11-24)30(25-12-8-5-9-13-25)26-14-16-28(17-15-26)34-21-20-31(2)23-32-19-18-27(33)22-32/h4-17,27,33H,3,18-23H2,1-2H3/b30-29-. The van der Waals surface area contributed by atoms with Gasteiger partial charge in [-0.1, -0.05) is 79.7 Å². The van der Waals surface area contributed by atoms with Crippen LogP contribution in [0, 0.1) is 0 Å². The van der Waals surface area contributed by atoms with Gasteiger partial charge in [-0.25, -0.2) is 0 Å². The van der Waals surface area contributed by atoms with Crippen molar-refractivity contribution in [3.8, 4) is 5.75 Å². The number of benzene rings is 3. The summed E-state index contributed by atoms with van der Waals surface area (Å²) < 4.78 is 6.05. The molecule has 3 aromatic rings. The van der Waals surface area contributed by atoms with Crippen molar-refractivity contribution in [3.05, 3.63) is 102 Å². The summed E-state index contributed by atoms with van der Waals surface area (Å²) in [6.45, 7) is 6.31. The maximum atomic E-state index is 9.70. The molecule has 0 amide bonds. The van der Waals surface area contributed by atoms with Crippen molar-refractivity contribution in [2.75, 3.05) is 40.0 Å². The third-order valence-electron chi connectivity index (χ3n) is 6.41. The van der Waals surface area contributed by atoms with E-state index in [9.17, 15) is 5.11 Å². The minimum atomic E-state index is -0.173. The molecule has 4 nitrogen and oxygen atoms in total. The summed E-state index contributed by atoms with van der Waals surface area (Å²) in [5.74, 6) is 0.888. The Balaban J connectivity index is 1.46. The summed E-state index contributed by atoms with van der Waals surface area (Å²) >= 11 is 0. The third kappa shape index (κ3) is 6.35. The fourth-order valence-corrected chi connectivity index (χ4v) is 4.67. The van der Waals surface area contributed by atoms with Crippen LogP contribution >= 0.6 is 0 Å². The zero-order chi connectivity index (χ0) is 23.8. The lowest BCUT2D eigenvalue weighted by Gasteiger charge is -2.23. The Bertz CT molecular complexity index is 1050. The minimum absolute atomic E-state index is 0.173. The number of hydrogen-bond donors (Lipinski definition) is 1. The highest BCUT2D eigenvalue weighted by Crippen LogP contribution is 2.34. The number of ether oxygens (including phenoxy) is 1. The highest BCUT2D eigenvalue weighted by Gasteiger charge is 2.20. The molecule has 0 aromatic heterocycles. The molecule has 4 heteroatoms. The summed E-state index contributed by atoms with van der Waals surface area (Å²) in [7, 11) is 2.10. The molecule has 4 rings (SSSR count). The quantitative estimate of drug-likeness (QED) is 0.415. The smallest absolute Gasteiger partial charge is 0.119 e. The molecule has 0 aliphatic carbocycles. The average molecular weight is 457 g/mol. The van der Waals surface area contributed by atoms with E-state index in [0.29, 0.717) is 6.61 Å². The summed E-state index contributed by atoms with van der Waals surface area (Å²) in [6, 6.07) is 29.8. The molecule has 1 aliphatic heterocycles. The van der Waals surface area contributed by atoms with Gasteiger partial charge in [-0.15, -0.1) is 0 Å². The number of likely N-dealkylation sites (tertiary alicyclic amines) is 1. The van der Waals surface area contributed by atoms with Gasteiger partial charge >= 0.3 is 0 Å². The van der Waals surface area contributed by atoms with Crippen molar-refractivity contribution in [2.24, 2.45) is 0 Å². The molecule has 1 heterocycles. The molecule has 0 saturated carbocycles. The van der Waals surface area contributed by atoms with Crippen LogP contribution in [0.5, 0.6) is 5.75 Å². The average Bonchev–Trinajstić information content (AvgIpc) is 3.28. The largest absolute Gasteiger partial charge is 0.492 e. The van der Waals surface area contributed by atoms with Crippen LogP contribution < -0.4 is 4.74 Å². The first kappa shape index (κ1) is 24.2. The van der Waals surface area contributed by atoms with Crippen molar-refractivity contribution >= 4 is 11.1 Å². The van der Waals surface area contributed by atoms with Gasteiger partial charge in [0.25, 0.3) is 0 Å². The molecule has 1 N–H and O–H groups in total. The molecule has 0 bridgehead atoms.